The summed E-state index contributed by atoms with van der Waals surface area (Å²) >= 11 is 0. The molecule has 0 fully saturated rings. The van der Waals surface area contributed by atoms with Crippen LogP contribution in [0.4, 0.5) is 4.39 Å². The second-order valence-electron chi connectivity index (χ2n) is 5.51. The summed E-state index contributed by atoms with van der Waals surface area (Å²) in [6, 6.07) is 5.52. The highest BCUT2D eigenvalue weighted by atomic mass is 19.1. The maximum absolute atomic E-state index is 12.9. The number of nitrogens with one attached hydrogen (secondary N) is 1. The minimum Gasteiger partial charge on any atom is -0.481 e. The summed E-state index contributed by atoms with van der Waals surface area (Å²) in [6.45, 7) is 3.64. The number of hydrogen-bond acceptors (Lipinski definition) is 4. The topological polar surface area (TPSA) is 97.1 Å². The van der Waals surface area contributed by atoms with E-state index in [1.807, 2.05) is 13.8 Å². The molecule has 2 rings (SSSR count). The van der Waals surface area contributed by atoms with E-state index in [1.54, 1.807) is 0 Å². The number of rotatable bonds is 7. The van der Waals surface area contributed by atoms with Gasteiger partial charge in [-0.1, -0.05) is 13.8 Å². The van der Waals surface area contributed by atoms with Crippen LogP contribution in [-0.2, 0) is 4.79 Å². The Morgan fingerprint density at radius 2 is 1.88 bits per heavy atom. The van der Waals surface area contributed by atoms with Gasteiger partial charge in [-0.05, 0) is 37.1 Å². The van der Waals surface area contributed by atoms with Crippen molar-refractivity contribution in [1.82, 2.24) is 20.3 Å². The second-order valence-corrected chi connectivity index (χ2v) is 5.51. The fourth-order valence-corrected chi connectivity index (χ4v) is 2.38. The summed E-state index contributed by atoms with van der Waals surface area (Å²) in [7, 11) is 0. The second kappa shape index (κ2) is 7.20. The highest BCUT2D eigenvalue weighted by Crippen LogP contribution is 2.20. The molecule has 0 saturated carbocycles. The molecule has 0 aliphatic heterocycles. The Bertz CT molecular complexity index is 723. The zero-order valence-electron chi connectivity index (χ0n) is 13.5. The summed E-state index contributed by atoms with van der Waals surface area (Å²) in [5.74, 6) is -1.85. The predicted octanol–water partition coefficient (Wildman–Crippen LogP) is 2.17. The lowest BCUT2D eigenvalue weighted by Crippen LogP contribution is -2.49. The molecule has 0 aliphatic rings. The first-order valence-corrected chi connectivity index (χ1v) is 7.61. The lowest BCUT2D eigenvalue weighted by molar-refractivity contribution is -0.138. The van der Waals surface area contributed by atoms with Crippen molar-refractivity contribution in [3.05, 3.63) is 42.0 Å². The number of carboxylic acid groups (broad SMARTS) is 1. The standard InChI is InChI=1S/C16H19FN4O3/c1-3-16(4-2,9-14(22)23)19-15(24)13-10-18-21(20-13)12-7-5-11(17)6-8-12/h5-8,10H,3-4,9H2,1-2H3,(H,19,24)(H,22,23). The third kappa shape index (κ3) is 3.95. The van der Waals surface area contributed by atoms with E-state index < -0.39 is 17.4 Å². The van der Waals surface area contributed by atoms with Crippen molar-refractivity contribution in [2.75, 3.05) is 0 Å². The van der Waals surface area contributed by atoms with Gasteiger partial charge in [0.05, 0.1) is 23.8 Å². The number of carbonyl (C=O) groups excluding carboxylic acids is 1. The quantitative estimate of drug-likeness (QED) is 0.809. The third-order valence-electron chi connectivity index (χ3n) is 4.00. The summed E-state index contributed by atoms with van der Waals surface area (Å²) in [5, 5.41) is 19.9. The van der Waals surface area contributed by atoms with Crippen LogP contribution in [-0.4, -0.2) is 37.5 Å². The van der Waals surface area contributed by atoms with Gasteiger partial charge < -0.3 is 10.4 Å². The zero-order valence-corrected chi connectivity index (χ0v) is 13.5. The average molecular weight is 334 g/mol. The third-order valence-corrected chi connectivity index (χ3v) is 4.00. The molecule has 0 spiro atoms. The summed E-state index contributed by atoms with van der Waals surface area (Å²) in [5.41, 5.74) is -0.253. The fraction of sp³-hybridized carbons (Fsp3) is 0.375. The maximum Gasteiger partial charge on any atom is 0.305 e. The molecule has 1 amide bonds. The molecule has 0 aliphatic carbocycles. The number of carboxylic acids is 1. The number of aromatic nitrogens is 3. The molecule has 0 saturated heterocycles. The largest absolute Gasteiger partial charge is 0.481 e. The van der Waals surface area contributed by atoms with Crippen LogP contribution in [0, 0.1) is 5.82 Å². The summed E-state index contributed by atoms with van der Waals surface area (Å²) < 4.78 is 12.9. The van der Waals surface area contributed by atoms with Crippen molar-refractivity contribution in [3.8, 4) is 5.69 Å². The Morgan fingerprint density at radius 3 is 2.42 bits per heavy atom. The number of aliphatic carboxylic acids is 1. The van der Waals surface area contributed by atoms with Gasteiger partial charge in [-0.2, -0.15) is 9.90 Å². The molecular formula is C16H19FN4O3. The Morgan fingerprint density at radius 1 is 1.25 bits per heavy atom. The van der Waals surface area contributed by atoms with Crippen molar-refractivity contribution >= 4 is 11.9 Å². The number of halogens is 1. The molecule has 0 bridgehead atoms. The molecule has 128 valence electrons. The number of hydrogen-bond donors (Lipinski definition) is 2. The summed E-state index contributed by atoms with van der Waals surface area (Å²) in [4.78, 5) is 24.6. The van der Waals surface area contributed by atoms with Crippen LogP contribution in [0.5, 0.6) is 0 Å². The monoisotopic (exact) mass is 334 g/mol. The van der Waals surface area contributed by atoms with E-state index in [0.717, 1.165) is 0 Å². The molecule has 0 unspecified atom stereocenters. The van der Waals surface area contributed by atoms with Crippen LogP contribution >= 0.6 is 0 Å². The van der Waals surface area contributed by atoms with Gasteiger partial charge in [-0.25, -0.2) is 4.39 Å². The molecule has 24 heavy (non-hydrogen) atoms. The van der Waals surface area contributed by atoms with Crippen LogP contribution < -0.4 is 5.32 Å². The molecule has 0 radical (unpaired) electrons. The Balaban J connectivity index is 2.18. The van der Waals surface area contributed by atoms with Gasteiger partial charge in [-0.15, -0.1) is 5.10 Å². The number of carbonyl (C=O) groups is 2. The molecule has 2 aromatic rings. The van der Waals surface area contributed by atoms with Gasteiger partial charge in [0, 0.05) is 0 Å². The number of amides is 1. The molecule has 1 heterocycles. The average Bonchev–Trinajstić information content (AvgIpc) is 3.04. The lowest BCUT2D eigenvalue weighted by atomic mass is 9.89. The van der Waals surface area contributed by atoms with E-state index in [-0.39, 0.29) is 17.9 Å². The van der Waals surface area contributed by atoms with Gasteiger partial charge in [0.25, 0.3) is 5.91 Å². The van der Waals surface area contributed by atoms with Gasteiger partial charge >= 0.3 is 5.97 Å². The molecule has 0 atom stereocenters. The molecular weight excluding hydrogens is 315 g/mol. The van der Waals surface area contributed by atoms with E-state index in [9.17, 15) is 14.0 Å². The van der Waals surface area contributed by atoms with Gasteiger partial charge in [-0.3, -0.25) is 9.59 Å². The lowest BCUT2D eigenvalue weighted by Gasteiger charge is -2.30. The van der Waals surface area contributed by atoms with Crippen LogP contribution in [0.25, 0.3) is 5.69 Å². The van der Waals surface area contributed by atoms with Crippen molar-refractivity contribution in [1.29, 1.82) is 0 Å². The van der Waals surface area contributed by atoms with E-state index in [1.165, 1.54) is 35.3 Å². The Kier molecular flexibility index (Phi) is 5.28. The minimum absolute atomic E-state index is 0.0657. The fourth-order valence-electron chi connectivity index (χ4n) is 2.38. The van der Waals surface area contributed by atoms with Crippen molar-refractivity contribution in [2.24, 2.45) is 0 Å². The van der Waals surface area contributed by atoms with Crippen molar-refractivity contribution in [3.63, 3.8) is 0 Å². The SMILES string of the molecule is CCC(CC)(CC(=O)O)NC(=O)c1cnn(-c2ccc(F)cc2)n1. The molecule has 1 aromatic carbocycles. The Labute approximate surface area is 138 Å². The molecule has 2 N–H and O–H groups in total. The van der Waals surface area contributed by atoms with E-state index >= 15 is 0 Å². The van der Waals surface area contributed by atoms with E-state index in [0.29, 0.717) is 18.5 Å². The van der Waals surface area contributed by atoms with Gasteiger partial charge in [0.15, 0.2) is 5.69 Å². The highest BCUT2D eigenvalue weighted by molar-refractivity contribution is 5.92. The predicted molar refractivity (Wildman–Crippen MR) is 84.3 cm³/mol. The molecule has 7 nitrogen and oxygen atoms in total. The van der Waals surface area contributed by atoms with Crippen LogP contribution in [0.3, 0.4) is 0 Å². The van der Waals surface area contributed by atoms with E-state index in [2.05, 4.69) is 15.5 Å². The number of benzene rings is 1. The van der Waals surface area contributed by atoms with Gasteiger partial charge in [0.1, 0.15) is 5.82 Å². The van der Waals surface area contributed by atoms with Crippen LogP contribution in [0.2, 0.25) is 0 Å². The highest BCUT2D eigenvalue weighted by Gasteiger charge is 2.32. The number of nitrogens with zero attached hydrogens (tertiary/aromatic N) is 3. The first-order valence-electron chi connectivity index (χ1n) is 7.61. The smallest absolute Gasteiger partial charge is 0.305 e. The minimum atomic E-state index is -0.978. The van der Waals surface area contributed by atoms with Crippen molar-refractivity contribution in [2.45, 2.75) is 38.6 Å². The summed E-state index contributed by atoms with van der Waals surface area (Å²) in [6.07, 6.45) is 2.08. The van der Waals surface area contributed by atoms with Crippen molar-refractivity contribution < 1.29 is 19.1 Å². The normalized spacial score (nSPS) is 11.3. The van der Waals surface area contributed by atoms with E-state index in [4.69, 9.17) is 5.11 Å². The van der Waals surface area contributed by atoms with Gasteiger partial charge in [0.2, 0.25) is 0 Å². The Hall–Kier alpha value is -2.77. The molecule has 1 aromatic heterocycles. The van der Waals surface area contributed by atoms with Crippen LogP contribution in [0.1, 0.15) is 43.6 Å². The maximum atomic E-state index is 12.9. The first kappa shape index (κ1) is 17.6. The molecule has 8 heteroatoms. The zero-order chi connectivity index (χ0) is 17.7. The first-order chi connectivity index (χ1) is 11.4. The van der Waals surface area contributed by atoms with Crippen LogP contribution in [0.15, 0.2) is 30.5 Å².